The second-order valence-electron chi connectivity index (χ2n) is 9.68. The van der Waals surface area contributed by atoms with E-state index in [1.807, 2.05) is 0 Å². The van der Waals surface area contributed by atoms with Crippen LogP contribution in [0.5, 0.6) is 0 Å². The second kappa shape index (κ2) is 13.5. The van der Waals surface area contributed by atoms with E-state index in [4.69, 9.17) is 5.73 Å². The van der Waals surface area contributed by atoms with Crippen molar-refractivity contribution in [1.29, 1.82) is 0 Å². The van der Waals surface area contributed by atoms with Gasteiger partial charge in [0, 0.05) is 40.1 Å². The number of anilines is 1. The Morgan fingerprint density at radius 1 is 0.500 bits per heavy atom. The van der Waals surface area contributed by atoms with Crippen LogP contribution in [-0.2, 0) is 12.4 Å². The Morgan fingerprint density at radius 2 is 0.854 bits per heavy atom. The number of aromatic nitrogens is 8. The Labute approximate surface area is 265 Å². The highest BCUT2D eigenvalue weighted by Crippen LogP contribution is 2.31. The highest BCUT2D eigenvalue weighted by molar-refractivity contribution is 5.62. The van der Waals surface area contributed by atoms with Crippen LogP contribution >= 0.6 is 0 Å². The van der Waals surface area contributed by atoms with Gasteiger partial charge in [-0.3, -0.25) is 10.1 Å². The van der Waals surface area contributed by atoms with E-state index in [0.29, 0.717) is 27.9 Å². The zero-order chi connectivity index (χ0) is 34.5. The summed E-state index contributed by atoms with van der Waals surface area (Å²) in [6.45, 7) is 0. The van der Waals surface area contributed by atoms with E-state index < -0.39 is 28.4 Å². The zero-order valence-corrected chi connectivity index (χ0v) is 23.9. The third kappa shape index (κ3) is 8.03. The van der Waals surface area contributed by atoms with Gasteiger partial charge in [-0.25, -0.2) is 0 Å². The number of nitrogens with two attached hydrogens (primary N) is 1. The number of nitro benzene ring substituents is 1. The van der Waals surface area contributed by atoms with Gasteiger partial charge < -0.3 is 5.73 Å². The van der Waals surface area contributed by atoms with Crippen molar-refractivity contribution in [2.45, 2.75) is 12.4 Å². The monoisotopic (exact) mass is 664 g/mol. The molecule has 0 fully saturated rings. The molecule has 0 aliphatic carbocycles. The number of non-ortho nitro benzene ring substituents is 1. The quantitative estimate of drug-likeness (QED) is 0.0896. The van der Waals surface area contributed by atoms with E-state index in [2.05, 4.69) is 40.8 Å². The first-order valence-electron chi connectivity index (χ1n) is 13.4. The van der Waals surface area contributed by atoms with Crippen molar-refractivity contribution in [3.05, 3.63) is 118 Å². The molecular formula is C30H18F6N10O2. The summed E-state index contributed by atoms with van der Waals surface area (Å²) < 4.78 is 75.2. The van der Waals surface area contributed by atoms with Crippen molar-refractivity contribution in [3.8, 4) is 45.6 Å². The van der Waals surface area contributed by atoms with Gasteiger partial charge in [-0.15, -0.1) is 40.8 Å². The van der Waals surface area contributed by atoms with Gasteiger partial charge in [-0.05, 0) is 36.4 Å². The van der Waals surface area contributed by atoms with E-state index in [9.17, 15) is 36.5 Å². The molecule has 0 saturated heterocycles. The van der Waals surface area contributed by atoms with Crippen molar-refractivity contribution in [2.75, 3.05) is 5.73 Å². The molecule has 6 aromatic rings. The lowest BCUT2D eigenvalue weighted by Gasteiger charge is -2.06. The van der Waals surface area contributed by atoms with Gasteiger partial charge in [0.1, 0.15) is 0 Å². The van der Waals surface area contributed by atoms with E-state index in [-0.39, 0.29) is 29.0 Å². The molecule has 48 heavy (non-hydrogen) atoms. The number of hydrogen-bond donors (Lipinski definition) is 1. The molecule has 0 spiro atoms. The minimum Gasteiger partial charge on any atom is -0.399 e. The Hall–Kier alpha value is -6.46. The van der Waals surface area contributed by atoms with Crippen molar-refractivity contribution in [3.63, 3.8) is 0 Å². The number of benzene rings is 4. The van der Waals surface area contributed by atoms with Gasteiger partial charge >= 0.3 is 12.4 Å². The molecule has 0 amide bonds. The van der Waals surface area contributed by atoms with Crippen molar-refractivity contribution in [1.82, 2.24) is 40.8 Å². The standard InChI is InChI=1S/C15H8F3N5O2.C15H10F3N5/c16-15(17,18)11-6-4-9(5-7-11)13-19-21-14(22-20-13)10-2-1-3-12(8-10)23(24)25;16-15(17,18)11-6-4-9(5-7-11)13-20-22-14(23-21-13)10-2-1-3-12(19)8-10/h1-8H;1-8H,19H2. The molecule has 0 saturated carbocycles. The van der Waals surface area contributed by atoms with Gasteiger partial charge in [0.05, 0.1) is 16.1 Å². The number of hydrogen-bond acceptors (Lipinski definition) is 11. The summed E-state index contributed by atoms with van der Waals surface area (Å²) in [4.78, 5) is 10.2. The minimum absolute atomic E-state index is 0.0444. The maximum Gasteiger partial charge on any atom is 0.416 e. The first-order valence-corrected chi connectivity index (χ1v) is 13.4. The molecule has 12 nitrogen and oxygen atoms in total. The van der Waals surface area contributed by atoms with Crippen LogP contribution in [0.25, 0.3) is 45.6 Å². The molecule has 2 heterocycles. The maximum absolute atomic E-state index is 12.5. The minimum atomic E-state index is -4.43. The highest BCUT2D eigenvalue weighted by Gasteiger charge is 2.31. The van der Waals surface area contributed by atoms with Crippen LogP contribution in [0.1, 0.15) is 11.1 Å². The Bertz CT molecular complexity index is 2020. The van der Waals surface area contributed by atoms with Crippen LogP contribution in [0, 0.1) is 10.1 Å². The van der Waals surface area contributed by atoms with Gasteiger partial charge in [0.15, 0.2) is 0 Å². The van der Waals surface area contributed by atoms with E-state index in [1.165, 1.54) is 42.5 Å². The smallest absolute Gasteiger partial charge is 0.399 e. The summed E-state index contributed by atoms with van der Waals surface area (Å²) in [7, 11) is 0. The second-order valence-corrected chi connectivity index (χ2v) is 9.68. The molecule has 0 radical (unpaired) electrons. The van der Waals surface area contributed by atoms with E-state index >= 15 is 0 Å². The molecule has 4 aromatic carbocycles. The van der Waals surface area contributed by atoms with Crippen LogP contribution in [0.15, 0.2) is 97.1 Å². The Balaban J connectivity index is 0.000000188. The number of rotatable bonds is 5. The maximum atomic E-state index is 12.5. The van der Waals surface area contributed by atoms with Crippen LogP contribution in [0.2, 0.25) is 0 Å². The summed E-state index contributed by atoms with van der Waals surface area (Å²) in [5.74, 6) is 0.543. The lowest BCUT2D eigenvalue weighted by atomic mass is 10.1. The largest absolute Gasteiger partial charge is 0.416 e. The van der Waals surface area contributed by atoms with E-state index in [1.54, 1.807) is 30.3 Å². The zero-order valence-electron chi connectivity index (χ0n) is 23.9. The fourth-order valence-electron chi connectivity index (χ4n) is 3.97. The fraction of sp³-hybridized carbons (Fsp3) is 0.0667. The van der Waals surface area contributed by atoms with Crippen molar-refractivity contribution in [2.24, 2.45) is 0 Å². The van der Waals surface area contributed by atoms with Crippen molar-refractivity contribution >= 4 is 11.4 Å². The van der Waals surface area contributed by atoms with Crippen molar-refractivity contribution < 1.29 is 31.3 Å². The summed E-state index contributed by atoms with van der Waals surface area (Å²) >= 11 is 0. The molecule has 2 N–H and O–H groups in total. The molecule has 6 rings (SSSR count). The molecule has 0 bridgehead atoms. The molecule has 0 aliphatic rings. The summed E-state index contributed by atoms with van der Waals surface area (Å²) in [5, 5.41) is 41.7. The van der Waals surface area contributed by atoms with Crippen LogP contribution in [-0.4, -0.2) is 45.7 Å². The summed E-state index contributed by atoms with van der Waals surface area (Å²) in [6.07, 6.45) is -8.81. The normalized spacial score (nSPS) is 11.4. The van der Waals surface area contributed by atoms with Crippen LogP contribution in [0.4, 0.5) is 37.7 Å². The highest BCUT2D eigenvalue weighted by atomic mass is 19.4. The first kappa shape index (κ1) is 32.9. The molecule has 0 aliphatic heterocycles. The molecular weight excluding hydrogens is 646 g/mol. The van der Waals surface area contributed by atoms with Crippen LogP contribution in [0.3, 0.4) is 0 Å². The predicted octanol–water partition coefficient (Wildman–Crippen LogP) is 6.73. The average Bonchev–Trinajstić information content (AvgIpc) is 3.08. The average molecular weight is 665 g/mol. The number of nitrogens with zero attached hydrogens (tertiary/aromatic N) is 9. The van der Waals surface area contributed by atoms with Gasteiger partial charge in [0.25, 0.3) is 5.69 Å². The third-order valence-electron chi connectivity index (χ3n) is 6.36. The summed E-state index contributed by atoms with van der Waals surface area (Å²) in [5.41, 5.74) is 6.31. The number of alkyl halides is 6. The number of nitrogen functional groups attached to an aromatic ring is 1. The van der Waals surface area contributed by atoms with E-state index in [0.717, 1.165) is 24.3 Å². The molecule has 242 valence electrons. The predicted molar refractivity (Wildman–Crippen MR) is 158 cm³/mol. The van der Waals surface area contributed by atoms with Gasteiger partial charge in [0.2, 0.25) is 23.3 Å². The van der Waals surface area contributed by atoms with Gasteiger partial charge in [-0.1, -0.05) is 48.5 Å². The van der Waals surface area contributed by atoms with Crippen LogP contribution < -0.4 is 5.73 Å². The molecule has 0 unspecified atom stereocenters. The Morgan fingerprint density at radius 3 is 1.21 bits per heavy atom. The van der Waals surface area contributed by atoms with Gasteiger partial charge in [-0.2, -0.15) is 26.3 Å². The number of nitro groups is 1. The molecule has 2 aromatic heterocycles. The summed E-state index contributed by atoms with van der Waals surface area (Å²) in [6, 6.07) is 21.3. The third-order valence-corrected chi connectivity index (χ3v) is 6.36. The Kier molecular flexibility index (Phi) is 9.25. The lowest BCUT2D eigenvalue weighted by molar-refractivity contribution is -0.384. The SMILES string of the molecule is Nc1cccc(-c2nnc(-c3ccc(C(F)(F)F)cc3)nn2)c1.O=[N+]([O-])c1cccc(-c2nnc(-c3ccc(C(F)(F)F)cc3)nn2)c1. The lowest BCUT2D eigenvalue weighted by Crippen LogP contribution is -2.04. The number of halogens is 6. The topological polar surface area (TPSA) is 172 Å². The first-order chi connectivity index (χ1) is 22.8. The fourth-order valence-corrected chi connectivity index (χ4v) is 3.97. The molecule has 18 heteroatoms. The molecule has 0 atom stereocenters.